The number of benzene rings is 2. The Bertz CT molecular complexity index is 713. The first-order valence-corrected chi connectivity index (χ1v) is 11.3. The van der Waals surface area contributed by atoms with Crippen LogP contribution >= 0.6 is 7.29 Å². The molecule has 2 nitrogen and oxygen atoms in total. The summed E-state index contributed by atoms with van der Waals surface area (Å²) in [4.78, 5) is 0. The van der Waals surface area contributed by atoms with E-state index in [9.17, 15) is 4.57 Å². The van der Waals surface area contributed by atoms with E-state index < -0.39 is 7.29 Å². The minimum atomic E-state index is -2.77. The van der Waals surface area contributed by atoms with Gasteiger partial charge in [-0.05, 0) is 54.9 Å². The molecule has 3 rings (SSSR count). The molecule has 1 saturated carbocycles. The fourth-order valence-electron chi connectivity index (χ4n) is 4.26. The highest BCUT2D eigenvalue weighted by atomic mass is 31.2. The molecule has 0 aliphatic heterocycles. The van der Waals surface area contributed by atoms with Crippen LogP contribution in [0.1, 0.15) is 40.0 Å². The van der Waals surface area contributed by atoms with Crippen molar-refractivity contribution in [3.05, 3.63) is 60.7 Å². The lowest BCUT2D eigenvalue weighted by atomic mass is 9.77. The molecule has 3 heteroatoms. The molecule has 25 heavy (non-hydrogen) atoms. The normalized spacial score (nSPS) is 26.2. The molecule has 1 aliphatic carbocycles. The Hall–Kier alpha value is -1.53. The molecule has 0 unspecified atom stereocenters. The van der Waals surface area contributed by atoms with Gasteiger partial charge in [0.25, 0.3) is 0 Å². The number of hydrogen-bond donors (Lipinski definition) is 1. The summed E-state index contributed by atoms with van der Waals surface area (Å²) in [7, 11) is -2.77. The Morgan fingerprint density at radius 2 is 1.56 bits per heavy atom. The summed E-state index contributed by atoms with van der Waals surface area (Å²) >= 11 is 0. The quantitative estimate of drug-likeness (QED) is 0.651. The van der Waals surface area contributed by atoms with E-state index in [1.165, 1.54) is 12.8 Å². The average molecular weight is 355 g/mol. The van der Waals surface area contributed by atoms with E-state index in [-0.39, 0.29) is 5.66 Å². The molecule has 0 radical (unpaired) electrons. The first-order chi connectivity index (χ1) is 12.0. The number of hydrogen-bond acceptors (Lipinski definition) is 1. The van der Waals surface area contributed by atoms with Crippen LogP contribution in [-0.4, -0.2) is 5.66 Å². The SMILES string of the molecule is CC(C)[C@@H]1CC[C@@H](C)C[C@H]1[P@](=O)(Nc1ccccc1)c1ccccc1. The zero-order chi connectivity index (χ0) is 17.9. The summed E-state index contributed by atoms with van der Waals surface area (Å²) in [5, 5.41) is 4.46. The Morgan fingerprint density at radius 3 is 2.16 bits per heavy atom. The van der Waals surface area contributed by atoms with E-state index in [0.29, 0.717) is 17.8 Å². The standard InChI is InChI=1S/C22H30NOP/c1-17(2)21-15-14-18(3)16-22(21)25(24,20-12-8-5-9-13-20)23-19-10-6-4-7-11-19/h4-13,17-18,21-22H,14-16H2,1-3H3,(H,23,24)/t18-,21+,22-,25+/m1/s1. The monoisotopic (exact) mass is 355 g/mol. The lowest BCUT2D eigenvalue weighted by Crippen LogP contribution is -2.36. The maximum absolute atomic E-state index is 14.5. The molecule has 1 N–H and O–H groups in total. The summed E-state index contributed by atoms with van der Waals surface area (Å²) in [6, 6.07) is 20.1. The average Bonchev–Trinajstić information content (AvgIpc) is 2.63. The Kier molecular flexibility index (Phi) is 5.69. The van der Waals surface area contributed by atoms with Gasteiger partial charge in [-0.15, -0.1) is 0 Å². The van der Waals surface area contributed by atoms with Crippen LogP contribution in [0.3, 0.4) is 0 Å². The van der Waals surface area contributed by atoms with Crippen molar-refractivity contribution in [3.63, 3.8) is 0 Å². The Balaban J connectivity index is 2.05. The van der Waals surface area contributed by atoms with Gasteiger partial charge in [-0.2, -0.15) is 0 Å². The van der Waals surface area contributed by atoms with Crippen LogP contribution in [0.15, 0.2) is 60.7 Å². The largest absolute Gasteiger partial charge is 0.333 e. The van der Waals surface area contributed by atoms with Crippen LogP contribution in [0, 0.1) is 17.8 Å². The molecule has 4 atom stereocenters. The van der Waals surface area contributed by atoms with Gasteiger partial charge in [0.1, 0.15) is 0 Å². The molecule has 134 valence electrons. The van der Waals surface area contributed by atoms with Crippen molar-refractivity contribution in [1.29, 1.82) is 0 Å². The first-order valence-electron chi connectivity index (χ1n) is 9.49. The Labute approximate surface area is 152 Å². The molecule has 1 fully saturated rings. The second-order valence-corrected chi connectivity index (χ2v) is 10.6. The van der Waals surface area contributed by atoms with Crippen molar-refractivity contribution in [2.75, 3.05) is 5.09 Å². The minimum Gasteiger partial charge on any atom is -0.333 e. The molecule has 0 heterocycles. The molecular formula is C22H30NOP. The molecule has 0 saturated heterocycles. The predicted octanol–water partition coefficient (Wildman–Crippen LogP) is 6.16. The summed E-state index contributed by atoms with van der Waals surface area (Å²) in [5.41, 5.74) is 1.15. The highest BCUT2D eigenvalue weighted by Gasteiger charge is 2.43. The molecular weight excluding hydrogens is 325 g/mol. The van der Waals surface area contributed by atoms with Crippen LogP contribution in [0.25, 0.3) is 0 Å². The lowest BCUT2D eigenvalue weighted by Gasteiger charge is -2.42. The maximum Gasteiger partial charge on any atom is 0.201 e. The van der Waals surface area contributed by atoms with Crippen LogP contribution in [0.5, 0.6) is 0 Å². The smallest absolute Gasteiger partial charge is 0.201 e. The summed E-state index contributed by atoms with van der Waals surface area (Å²) in [5.74, 6) is 1.68. The van der Waals surface area contributed by atoms with Crippen molar-refractivity contribution in [2.45, 2.75) is 45.7 Å². The Morgan fingerprint density at radius 1 is 0.960 bits per heavy atom. The van der Waals surface area contributed by atoms with E-state index in [1.54, 1.807) is 0 Å². The second kappa shape index (κ2) is 7.79. The van der Waals surface area contributed by atoms with Crippen LogP contribution in [0.4, 0.5) is 5.69 Å². The first kappa shape index (κ1) is 18.3. The fourth-order valence-corrected chi connectivity index (χ4v) is 7.78. The van der Waals surface area contributed by atoms with Gasteiger partial charge < -0.3 is 5.09 Å². The van der Waals surface area contributed by atoms with Gasteiger partial charge in [-0.3, -0.25) is 4.57 Å². The number of para-hydroxylation sites is 1. The molecule has 2 aromatic carbocycles. The van der Waals surface area contributed by atoms with E-state index in [2.05, 4.69) is 25.9 Å². The van der Waals surface area contributed by atoms with Gasteiger partial charge in [0.2, 0.25) is 7.29 Å². The van der Waals surface area contributed by atoms with Gasteiger partial charge in [0.05, 0.1) is 0 Å². The fraction of sp³-hybridized carbons (Fsp3) is 0.455. The third kappa shape index (κ3) is 4.01. The number of anilines is 1. The van der Waals surface area contributed by atoms with Gasteiger partial charge >= 0.3 is 0 Å². The molecule has 0 aromatic heterocycles. The summed E-state index contributed by atoms with van der Waals surface area (Å²) in [6.45, 7) is 6.87. The molecule has 0 bridgehead atoms. The second-order valence-electron chi connectivity index (χ2n) is 7.86. The van der Waals surface area contributed by atoms with Crippen LogP contribution < -0.4 is 10.4 Å². The van der Waals surface area contributed by atoms with Gasteiger partial charge in [-0.25, -0.2) is 0 Å². The van der Waals surface area contributed by atoms with Crippen molar-refractivity contribution in [3.8, 4) is 0 Å². The van der Waals surface area contributed by atoms with Gasteiger partial charge in [-0.1, -0.05) is 63.6 Å². The summed E-state index contributed by atoms with van der Waals surface area (Å²) in [6.07, 6.45) is 3.46. The van der Waals surface area contributed by atoms with Crippen LogP contribution in [0.2, 0.25) is 0 Å². The highest BCUT2D eigenvalue weighted by molar-refractivity contribution is 7.73. The molecule has 0 spiro atoms. The van der Waals surface area contributed by atoms with E-state index in [4.69, 9.17) is 0 Å². The van der Waals surface area contributed by atoms with Crippen molar-refractivity contribution in [2.24, 2.45) is 17.8 Å². The van der Waals surface area contributed by atoms with Gasteiger partial charge in [0.15, 0.2) is 0 Å². The third-order valence-electron chi connectivity index (χ3n) is 5.66. The number of nitrogens with one attached hydrogen (secondary N) is 1. The van der Waals surface area contributed by atoms with Crippen molar-refractivity contribution >= 4 is 18.3 Å². The van der Waals surface area contributed by atoms with E-state index >= 15 is 0 Å². The van der Waals surface area contributed by atoms with Crippen molar-refractivity contribution < 1.29 is 4.57 Å². The van der Waals surface area contributed by atoms with Gasteiger partial charge in [0, 0.05) is 16.7 Å². The van der Waals surface area contributed by atoms with Crippen molar-refractivity contribution in [1.82, 2.24) is 0 Å². The number of rotatable bonds is 5. The molecule has 2 aromatic rings. The molecule has 0 amide bonds. The zero-order valence-corrected chi connectivity index (χ0v) is 16.5. The third-order valence-corrected chi connectivity index (χ3v) is 8.85. The van der Waals surface area contributed by atoms with E-state index in [1.807, 2.05) is 60.7 Å². The predicted molar refractivity (Wildman–Crippen MR) is 109 cm³/mol. The van der Waals surface area contributed by atoms with Crippen LogP contribution in [-0.2, 0) is 4.57 Å². The topological polar surface area (TPSA) is 29.1 Å². The zero-order valence-electron chi connectivity index (χ0n) is 15.6. The molecule has 1 aliphatic rings. The highest BCUT2D eigenvalue weighted by Crippen LogP contribution is 2.58. The van der Waals surface area contributed by atoms with E-state index in [0.717, 1.165) is 17.4 Å². The summed E-state index contributed by atoms with van der Waals surface area (Å²) < 4.78 is 14.5. The minimum absolute atomic E-state index is 0.193. The lowest BCUT2D eigenvalue weighted by molar-refractivity contribution is 0.237. The maximum atomic E-state index is 14.5.